The van der Waals surface area contributed by atoms with E-state index in [2.05, 4.69) is 52.4 Å². The van der Waals surface area contributed by atoms with Gasteiger partial charge in [-0.2, -0.15) is 0 Å². The van der Waals surface area contributed by atoms with Crippen LogP contribution in [0, 0.1) is 6.92 Å². The van der Waals surface area contributed by atoms with Crippen molar-refractivity contribution in [1.82, 2.24) is 24.8 Å². The molecule has 1 saturated heterocycles. The molecule has 0 unspecified atom stereocenters. The number of carbonyl (C=O) groups excluding carboxylic acids is 3. The van der Waals surface area contributed by atoms with Crippen molar-refractivity contribution in [3.63, 3.8) is 0 Å². The second-order valence-electron chi connectivity index (χ2n) is 13.8. The van der Waals surface area contributed by atoms with E-state index in [0.29, 0.717) is 60.6 Å². The predicted molar refractivity (Wildman–Crippen MR) is 193 cm³/mol. The van der Waals surface area contributed by atoms with Gasteiger partial charge >= 0.3 is 0 Å². The minimum atomic E-state index is -1.27. The van der Waals surface area contributed by atoms with E-state index >= 15 is 0 Å². The molecule has 3 amide bonds. The first kappa shape index (κ1) is 34.9. The molecule has 11 nitrogen and oxygen atoms in total. The van der Waals surface area contributed by atoms with Crippen molar-refractivity contribution in [1.29, 1.82) is 0 Å². The Kier molecular flexibility index (Phi) is 11.1. The molecule has 254 valence electrons. The normalized spacial score (nSPS) is 15.1. The third-order valence-corrected chi connectivity index (χ3v) is 10.5. The number of ether oxygens (including phenoxy) is 1. The number of benzene rings is 1. The number of nitrogens with one attached hydrogen (secondary N) is 3. The number of hydrogen-bond donors (Lipinski definition) is 3. The van der Waals surface area contributed by atoms with Crippen LogP contribution in [-0.4, -0.2) is 78.0 Å². The summed E-state index contributed by atoms with van der Waals surface area (Å²) in [5, 5.41) is 9.34. The third kappa shape index (κ3) is 8.94. The molecule has 1 aromatic carbocycles. The lowest BCUT2D eigenvalue weighted by Crippen LogP contribution is -2.35. The third-order valence-electron chi connectivity index (χ3n) is 8.76. The molecule has 0 saturated carbocycles. The molecule has 4 heterocycles. The Balaban J connectivity index is 1.36. The molecule has 0 radical (unpaired) electrons. The summed E-state index contributed by atoms with van der Waals surface area (Å²) >= 11 is 0. The van der Waals surface area contributed by atoms with Gasteiger partial charge in [-0.3, -0.25) is 24.3 Å². The maximum Gasteiger partial charge on any atom is 0.257 e. The SMILES string of the molecule is CNC(=O)Cc1ccc(-c2cc3cc(C(=O)Nc4cc(NC(=O)CN5CCC[C@@H]5C)cnc4C)cnc3n2COCC[Si](C)(C)C)cc1. The molecule has 3 aromatic heterocycles. The van der Waals surface area contributed by atoms with Crippen LogP contribution in [0.25, 0.3) is 22.3 Å². The van der Waals surface area contributed by atoms with Gasteiger partial charge in [0, 0.05) is 39.4 Å². The van der Waals surface area contributed by atoms with Crippen LogP contribution in [0.4, 0.5) is 11.4 Å². The topological polar surface area (TPSA) is 130 Å². The quantitative estimate of drug-likeness (QED) is 0.123. The van der Waals surface area contributed by atoms with Crippen molar-refractivity contribution in [2.24, 2.45) is 0 Å². The summed E-state index contributed by atoms with van der Waals surface area (Å²) in [5.74, 6) is -0.479. The van der Waals surface area contributed by atoms with Crippen molar-refractivity contribution >= 4 is 48.2 Å². The van der Waals surface area contributed by atoms with Gasteiger partial charge in [0.1, 0.15) is 12.4 Å². The first-order valence-electron chi connectivity index (χ1n) is 16.6. The van der Waals surface area contributed by atoms with Gasteiger partial charge in [-0.1, -0.05) is 43.9 Å². The minimum absolute atomic E-state index is 0.0442. The lowest BCUT2D eigenvalue weighted by Gasteiger charge is -2.20. The monoisotopic (exact) mass is 669 g/mol. The number of amides is 3. The number of fused-ring (bicyclic) bond motifs is 1. The van der Waals surface area contributed by atoms with Gasteiger partial charge in [0.2, 0.25) is 11.8 Å². The van der Waals surface area contributed by atoms with Gasteiger partial charge in [0.15, 0.2) is 0 Å². The fraction of sp³-hybridized carbons (Fsp3) is 0.417. The smallest absolute Gasteiger partial charge is 0.257 e. The lowest BCUT2D eigenvalue weighted by atomic mass is 10.1. The van der Waals surface area contributed by atoms with E-state index in [-0.39, 0.29) is 17.7 Å². The molecule has 0 aliphatic carbocycles. The molecule has 1 atom stereocenters. The average molecular weight is 670 g/mol. The van der Waals surface area contributed by atoms with Crippen LogP contribution in [0.3, 0.4) is 0 Å². The van der Waals surface area contributed by atoms with E-state index in [9.17, 15) is 14.4 Å². The first-order chi connectivity index (χ1) is 22.9. The Morgan fingerprint density at radius 1 is 1.00 bits per heavy atom. The molecule has 1 aliphatic heterocycles. The summed E-state index contributed by atoms with van der Waals surface area (Å²) in [5.41, 5.74) is 5.54. The molecular weight excluding hydrogens is 623 g/mol. The highest BCUT2D eigenvalue weighted by Crippen LogP contribution is 2.29. The maximum atomic E-state index is 13.5. The lowest BCUT2D eigenvalue weighted by molar-refractivity contribution is -0.120. The summed E-state index contributed by atoms with van der Waals surface area (Å²) in [6.07, 6.45) is 5.68. The van der Waals surface area contributed by atoms with E-state index in [4.69, 9.17) is 9.72 Å². The van der Waals surface area contributed by atoms with E-state index in [1.54, 1.807) is 25.5 Å². The number of likely N-dealkylation sites (tertiary alicyclic amines) is 1. The van der Waals surface area contributed by atoms with E-state index < -0.39 is 8.07 Å². The second-order valence-corrected chi connectivity index (χ2v) is 19.4. The number of likely N-dealkylation sites (N-methyl/N-ethyl adjacent to an activating group) is 1. The van der Waals surface area contributed by atoms with Crippen LogP contribution in [0.1, 0.15) is 41.4 Å². The van der Waals surface area contributed by atoms with Crippen LogP contribution in [0.2, 0.25) is 25.7 Å². The van der Waals surface area contributed by atoms with Crippen molar-refractivity contribution < 1.29 is 19.1 Å². The average Bonchev–Trinajstić information content (AvgIpc) is 3.62. The Labute approximate surface area is 283 Å². The fourth-order valence-corrected chi connectivity index (χ4v) is 6.53. The molecule has 5 rings (SSSR count). The molecule has 0 bridgehead atoms. The van der Waals surface area contributed by atoms with Gasteiger partial charge in [-0.25, -0.2) is 4.98 Å². The van der Waals surface area contributed by atoms with E-state index in [1.807, 2.05) is 47.9 Å². The number of anilines is 2. The number of aryl methyl sites for hydroxylation is 1. The van der Waals surface area contributed by atoms with Crippen LogP contribution in [0.5, 0.6) is 0 Å². The zero-order valence-corrected chi connectivity index (χ0v) is 29.9. The highest BCUT2D eigenvalue weighted by molar-refractivity contribution is 6.76. The maximum absolute atomic E-state index is 13.5. The molecule has 1 fully saturated rings. The number of aromatic nitrogens is 3. The minimum Gasteiger partial charge on any atom is -0.361 e. The number of pyridine rings is 2. The highest BCUT2D eigenvalue weighted by Gasteiger charge is 2.23. The number of nitrogens with zero attached hydrogens (tertiary/aromatic N) is 4. The molecule has 12 heteroatoms. The Hall–Kier alpha value is -4.39. The van der Waals surface area contributed by atoms with Crippen molar-refractivity contribution in [3.8, 4) is 11.3 Å². The van der Waals surface area contributed by atoms with Gasteiger partial charge in [-0.15, -0.1) is 0 Å². The van der Waals surface area contributed by atoms with Crippen LogP contribution in [-0.2, 0) is 27.5 Å². The fourth-order valence-electron chi connectivity index (χ4n) is 5.78. The molecule has 48 heavy (non-hydrogen) atoms. The van der Waals surface area contributed by atoms with Gasteiger partial charge in [0.05, 0.1) is 47.5 Å². The summed E-state index contributed by atoms with van der Waals surface area (Å²) < 4.78 is 8.18. The van der Waals surface area contributed by atoms with Crippen molar-refractivity contribution in [2.45, 2.75) is 71.6 Å². The summed E-state index contributed by atoms with van der Waals surface area (Å²) in [6.45, 7) is 13.1. The highest BCUT2D eigenvalue weighted by atomic mass is 28.3. The second kappa shape index (κ2) is 15.2. The molecule has 0 spiro atoms. The van der Waals surface area contributed by atoms with E-state index in [1.165, 1.54) is 0 Å². The number of hydrogen-bond acceptors (Lipinski definition) is 7. The summed E-state index contributed by atoms with van der Waals surface area (Å²) in [7, 11) is 0.364. The van der Waals surface area contributed by atoms with E-state index in [0.717, 1.165) is 47.6 Å². The van der Waals surface area contributed by atoms with Crippen LogP contribution < -0.4 is 16.0 Å². The number of rotatable bonds is 13. The Bertz CT molecular complexity index is 1780. The van der Waals surface area contributed by atoms with Gasteiger partial charge < -0.3 is 25.3 Å². The zero-order valence-electron chi connectivity index (χ0n) is 28.9. The van der Waals surface area contributed by atoms with Gasteiger partial charge in [-0.05, 0) is 68.6 Å². The molecular formula is C36H47N7O4Si. The molecule has 1 aliphatic rings. The van der Waals surface area contributed by atoms with Gasteiger partial charge in [0.25, 0.3) is 5.91 Å². The standard InChI is InChI=1S/C36H47N7O4Si/c1-24-8-7-13-42(24)22-34(45)40-30-19-31(25(2)38-21-30)41-36(46)29-17-28-18-32(27-11-9-26(10-12-27)16-33(44)37-3)43(35(28)39-20-29)23-47-14-15-48(4,5)6/h9-12,17-21,24H,7-8,13-16,22-23H2,1-6H3,(H,37,44)(H,40,45)(H,41,46)/t24-/m0/s1. The Morgan fingerprint density at radius 3 is 2.46 bits per heavy atom. The summed E-state index contributed by atoms with van der Waals surface area (Å²) in [6, 6.07) is 14.9. The van der Waals surface area contributed by atoms with Crippen LogP contribution >= 0.6 is 0 Å². The van der Waals surface area contributed by atoms with Crippen molar-refractivity contribution in [3.05, 3.63) is 71.7 Å². The Morgan fingerprint density at radius 2 is 1.77 bits per heavy atom. The number of carbonyl (C=O) groups is 3. The van der Waals surface area contributed by atoms with Crippen molar-refractivity contribution in [2.75, 3.05) is 37.4 Å². The molecule has 3 N–H and O–H groups in total. The first-order valence-corrected chi connectivity index (χ1v) is 20.3. The van der Waals surface area contributed by atoms with Crippen LogP contribution in [0.15, 0.2) is 54.9 Å². The zero-order chi connectivity index (χ0) is 34.4. The largest absolute Gasteiger partial charge is 0.361 e. The molecule has 4 aromatic rings. The summed E-state index contributed by atoms with van der Waals surface area (Å²) in [4.78, 5) is 49.4. The predicted octanol–water partition coefficient (Wildman–Crippen LogP) is 5.68.